The first-order valence-corrected chi connectivity index (χ1v) is 14.1. The van der Waals surface area contributed by atoms with Crippen LogP contribution in [-0.4, -0.2) is 102 Å². The highest BCUT2D eigenvalue weighted by Crippen LogP contribution is 2.36. The van der Waals surface area contributed by atoms with Gasteiger partial charge in [0.05, 0.1) is 37.6 Å². The van der Waals surface area contributed by atoms with Crippen LogP contribution in [0.25, 0.3) is 0 Å². The van der Waals surface area contributed by atoms with Crippen LogP contribution in [-0.2, 0) is 22.6 Å². The van der Waals surface area contributed by atoms with E-state index in [4.69, 9.17) is 9.47 Å². The topological polar surface area (TPSA) is 90.4 Å². The molecule has 4 heterocycles. The van der Waals surface area contributed by atoms with Crippen LogP contribution >= 0.6 is 0 Å². The smallest absolute Gasteiger partial charge is 0.241 e. The predicted molar refractivity (Wildman–Crippen MR) is 144 cm³/mol. The highest BCUT2D eigenvalue weighted by Gasteiger charge is 2.47. The molecule has 6 rings (SSSR count). The summed E-state index contributed by atoms with van der Waals surface area (Å²) in [6.45, 7) is 8.85. The van der Waals surface area contributed by atoms with Crippen LogP contribution in [0.1, 0.15) is 37.1 Å². The van der Waals surface area contributed by atoms with Gasteiger partial charge < -0.3 is 24.8 Å². The third-order valence-corrected chi connectivity index (χ3v) is 8.41. The van der Waals surface area contributed by atoms with Gasteiger partial charge in [-0.25, -0.2) is 9.37 Å². The summed E-state index contributed by atoms with van der Waals surface area (Å²) >= 11 is 0. The van der Waals surface area contributed by atoms with E-state index in [9.17, 15) is 14.3 Å². The Bertz CT molecular complexity index is 1200. The Morgan fingerprint density at radius 1 is 1.23 bits per heavy atom. The molecule has 2 N–H and O–H groups in total. The van der Waals surface area contributed by atoms with Crippen LogP contribution in [0, 0.1) is 5.82 Å². The van der Waals surface area contributed by atoms with Gasteiger partial charge in [0.2, 0.25) is 11.8 Å². The Morgan fingerprint density at radius 2 is 2.05 bits per heavy atom. The van der Waals surface area contributed by atoms with E-state index >= 15 is 0 Å². The predicted octanol–water partition coefficient (Wildman–Crippen LogP) is 1.55. The molecule has 210 valence electrons. The molecular weight excluding hydrogens is 501 g/mol. The molecule has 5 atom stereocenters. The fraction of sp³-hybridized carbons (Fsp3) is 0.586. The van der Waals surface area contributed by atoms with E-state index in [-0.39, 0.29) is 30.4 Å². The van der Waals surface area contributed by atoms with Crippen molar-refractivity contribution in [2.75, 3.05) is 50.8 Å². The number of carbonyl (C=O) groups excluding carboxylic acids is 1. The van der Waals surface area contributed by atoms with Gasteiger partial charge in [-0.1, -0.05) is 12.1 Å². The summed E-state index contributed by atoms with van der Waals surface area (Å²) in [6, 6.07) is 9.11. The third kappa shape index (κ3) is 5.67. The van der Waals surface area contributed by atoms with E-state index in [1.165, 1.54) is 12.1 Å². The zero-order chi connectivity index (χ0) is 27.1. The minimum atomic E-state index is -0.296. The number of rotatable bonds is 7. The standard InChI is InChI=1S/C29H38FN5O4/c1-18-13-34(23(12-31-18)14-33-7-8-38-27-11-25(27)33)15-28(37)35-19(2)17-39-29-26(35)10-21(24(16-36)32-29)9-20-3-5-22(30)6-4-20/h3-6,10,18-19,23,25,27,31,36H,7-9,11-17H2,1-2H3/t18-,19+,23-,25?,27-/m1/s1. The maximum Gasteiger partial charge on any atom is 0.241 e. The van der Waals surface area contributed by atoms with Crippen molar-refractivity contribution >= 4 is 11.6 Å². The lowest BCUT2D eigenvalue weighted by atomic mass is 10.0. The van der Waals surface area contributed by atoms with E-state index in [1.807, 2.05) is 17.9 Å². The number of nitrogens with zero attached hydrogens (tertiary/aromatic N) is 4. The van der Waals surface area contributed by atoms with Crippen LogP contribution in [0.4, 0.5) is 10.1 Å². The van der Waals surface area contributed by atoms with Gasteiger partial charge in [0, 0.05) is 44.3 Å². The number of carbonyl (C=O) groups is 1. The van der Waals surface area contributed by atoms with Crippen LogP contribution in [0.5, 0.6) is 5.88 Å². The van der Waals surface area contributed by atoms with Crippen LogP contribution in [0.3, 0.4) is 0 Å². The number of pyridine rings is 1. The first kappa shape index (κ1) is 26.6. The van der Waals surface area contributed by atoms with Gasteiger partial charge in [-0.15, -0.1) is 0 Å². The van der Waals surface area contributed by atoms with Gasteiger partial charge in [-0.05, 0) is 56.0 Å². The van der Waals surface area contributed by atoms with Crippen molar-refractivity contribution in [1.82, 2.24) is 20.1 Å². The SMILES string of the molecule is C[C@@H]1CN(CC(=O)N2c3cc(Cc4ccc(F)cc4)c(CO)nc3OC[C@@H]2C)[C@@H](CN2CCO[C@@H]3CC32)CN1. The molecular formula is C29H38FN5O4. The summed E-state index contributed by atoms with van der Waals surface area (Å²) in [5, 5.41) is 13.6. The Kier molecular flexibility index (Phi) is 7.56. The Labute approximate surface area is 228 Å². The second kappa shape index (κ2) is 11.1. The first-order chi connectivity index (χ1) is 18.9. The first-order valence-electron chi connectivity index (χ1n) is 14.1. The zero-order valence-electron chi connectivity index (χ0n) is 22.7. The van der Waals surface area contributed by atoms with Crippen molar-refractivity contribution in [2.24, 2.45) is 0 Å². The van der Waals surface area contributed by atoms with Gasteiger partial charge >= 0.3 is 0 Å². The van der Waals surface area contributed by atoms with Crippen molar-refractivity contribution in [3.05, 3.63) is 53.0 Å². The number of aliphatic hydroxyl groups is 1. The van der Waals surface area contributed by atoms with Crippen molar-refractivity contribution in [3.8, 4) is 5.88 Å². The quantitative estimate of drug-likeness (QED) is 0.548. The summed E-state index contributed by atoms with van der Waals surface area (Å²) in [7, 11) is 0. The monoisotopic (exact) mass is 539 g/mol. The lowest BCUT2D eigenvalue weighted by Gasteiger charge is -2.43. The number of hydrogen-bond donors (Lipinski definition) is 2. The maximum atomic E-state index is 14.0. The van der Waals surface area contributed by atoms with Crippen molar-refractivity contribution < 1.29 is 23.8 Å². The van der Waals surface area contributed by atoms with Gasteiger partial charge in [-0.2, -0.15) is 0 Å². The molecule has 39 heavy (non-hydrogen) atoms. The lowest BCUT2D eigenvalue weighted by molar-refractivity contribution is -0.121. The van der Waals surface area contributed by atoms with Gasteiger partial charge in [0.25, 0.3) is 0 Å². The van der Waals surface area contributed by atoms with E-state index < -0.39 is 0 Å². The summed E-state index contributed by atoms with van der Waals surface area (Å²) in [6.07, 6.45) is 1.96. The van der Waals surface area contributed by atoms with E-state index in [2.05, 4.69) is 27.0 Å². The Morgan fingerprint density at radius 3 is 2.85 bits per heavy atom. The minimum absolute atomic E-state index is 0.0173. The molecule has 1 saturated carbocycles. The summed E-state index contributed by atoms with van der Waals surface area (Å²) < 4.78 is 25.2. The van der Waals surface area contributed by atoms with Gasteiger partial charge in [0.1, 0.15) is 18.1 Å². The average Bonchev–Trinajstić information content (AvgIpc) is 3.72. The van der Waals surface area contributed by atoms with Gasteiger partial charge in [0.15, 0.2) is 0 Å². The van der Waals surface area contributed by atoms with Gasteiger partial charge in [-0.3, -0.25) is 14.6 Å². The number of benzene rings is 1. The molecule has 1 unspecified atom stereocenters. The zero-order valence-corrected chi connectivity index (χ0v) is 22.7. The fourth-order valence-corrected chi connectivity index (χ4v) is 6.21. The van der Waals surface area contributed by atoms with E-state index in [0.717, 1.165) is 50.3 Å². The number of morpholine rings is 1. The molecule has 4 aliphatic rings. The molecule has 0 bridgehead atoms. The number of fused-ring (bicyclic) bond motifs is 2. The highest BCUT2D eigenvalue weighted by molar-refractivity contribution is 5.97. The van der Waals surface area contributed by atoms with Crippen LogP contribution < -0.4 is 15.0 Å². The Balaban J connectivity index is 1.23. The van der Waals surface area contributed by atoms with Crippen molar-refractivity contribution in [1.29, 1.82) is 0 Å². The number of halogens is 1. The van der Waals surface area contributed by atoms with E-state index in [0.29, 0.717) is 55.0 Å². The molecule has 1 aromatic carbocycles. The average molecular weight is 540 g/mol. The molecule has 3 aliphatic heterocycles. The lowest BCUT2D eigenvalue weighted by Crippen LogP contribution is -2.62. The Hall–Kier alpha value is -2.63. The summed E-state index contributed by atoms with van der Waals surface area (Å²) in [4.78, 5) is 25.2. The minimum Gasteiger partial charge on any atom is -0.474 e. The number of anilines is 1. The highest BCUT2D eigenvalue weighted by atomic mass is 19.1. The second-order valence-corrected chi connectivity index (χ2v) is 11.4. The number of hydrogen-bond acceptors (Lipinski definition) is 8. The molecule has 1 amide bonds. The molecule has 9 nitrogen and oxygen atoms in total. The second-order valence-electron chi connectivity index (χ2n) is 11.4. The molecule has 10 heteroatoms. The van der Waals surface area contributed by atoms with Crippen LogP contribution in [0.2, 0.25) is 0 Å². The number of nitrogens with one attached hydrogen (secondary N) is 1. The molecule has 0 spiro atoms. The molecule has 3 fully saturated rings. The number of ether oxygens (including phenoxy) is 2. The number of amides is 1. The van der Waals surface area contributed by atoms with E-state index in [1.54, 1.807) is 12.1 Å². The maximum absolute atomic E-state index is 14.0. The normalized spacial score (nSPS) is 28.9. The van der Waals surface area contributed by atoms with Crippen LogP contribution in [0.15, 0.2) is 30.3 Å². The number of aromatic nitrogens is 1. The molecule has 1 aliphatic carbocycles. The molecule has 1 aromatic heterocycles. The third-order valence-electron chi connectivity index (χ3n) is 8.41. The number of aliphatic hydroxyl groups excluding tert-OH is 1. The molecule has 2 saturated heterocycles. The summed E-state index contributed by atoms with van der Waals surface area (Å²) in [5.41, 5.74) is 2.81. The summed E-state index contributed by atoms with van der Waals surface area (Å²) in [5.74, 6) is 0.0881. The number of piperazine rings is 1. The molecule has 0 radical (unpaired) electrons. The largest absolute Gasteiger partial charge is 0.474 e. The van der Waals surface area contributed by atoms with Crippen molar-refractivity contribution in [3.63, 3.8) is 0 Å². The van der Waals surface area contributed by atoms with Crippen molar-refractivity contribution in [2.45, 2.75) is 63.6 Å². The fourth-order valence-electron chi connectivity index (χ4n) is 6.21. The molecule has 2 aromatic rings.